The molecule has 1 heterocycles. The van der Waals surface area contributed by atoms with Gasteiger partial charge in [-0.2, -0.15) is 0 Å². The fourth-order valence-corrected chi connectivity index (χ4v) is 1.55. The third kappa shape index (κ3) is 2.80. The molecule has 0 aromatic rings. The fourth-order valence-electron chi connectivity index (χ4n) is 1.55. The summed E-state index contributed by atoms with van der Waals surface area (Å²) in [6.07, 6.45) is 1.28. The van der Waals surface area contributed by atoms with E-state index >= 15 is 0 Å². The van der Waals surface area contributed by atoms with Crippen molar-refractivity contribution in [2.24, 2.45) is 0 Å². The molecule has 65 valence electrons. The summed E-state index contributed by atoms with van der Waals surface area (Å²) in [6.45, 7) is 13.3. The lowest BCUT2D eigenvalue weighted by Gasteiger charge is -2.33. The smallest absolute Gasteiger partial charge is 0.0110 e. The third-order valence-electron chi connectivity index (χ3n) is 2.32. The van der Waals surface area contributed by atoms with E-state index in [-0.39, 0.29) is 0 Å². The summed E-state index contributed by atoms with van der Waals surface area (Å²) in [6, 6.07) is 0. The second-order valence-electron chi connectivity index (χ2n) is 3.18. The van der Waals surface area contributed by atoms with Crippen molar-refractivity contribution in [3.63, 3.8) is 0 Å². The number of piperazine rings is 1. The Bertz CT molecular complexity index is 95.7. The van der Waals surface area contributed by atoms with Crippen LogP contribution in [0.2, 0.25) is 0 Å². The molecule has 1 saturated heterocycles. The second-order valence-corrected chi connectivity index (χ2v) is 3.18. The van der Waals surface area contributed by atoms with E-state index in [1.165, 1.54) is 39.1 Å². The van der Waals surface area contributed by atoms with Crippen molar-refractivity contribution >= 4 is 0 Å². The van der Waals surface area contributed by atoms with Crippen LogP contribution < -0.4 is 0 Å². The molecule has 0 unspecified atom stereocenters. The standard InChI is InChI=1S/C9H19N2/c1-3-5-11-8-6-10(4-2)7-9-11/h2-9H2,1H3. The number of hydrogen-bond donors (Lipinski definition) is 0. The molecule has 0 amide bonds. The summed E-state index contributed by atoms with van der Waals surface area (Å²) >= 11 is 0. The van der Waals surface area contributed by atoms with Crippen molar-refractivity contribution in [3.05, 3.63) is 6.92 Å². The average Bonchev–Trinajstić information content (AvgIpc) is 2.07. The molecule has 1 radical (unpaired) electrons. The summed E-state index contributed by atoms with van der Waals surface area (Å²) in [5.74, 6) is 0. The highest BCUT2D eigenvalue weighted by Gasteiger charge is 2.13. The summed E-state index contributed by atoms with van der Waals surface area (Å²) in [5, 5.41) is 0. The van der Waals surface area contributed by atoms with Crippen molar-refractivity contribution in [2.45, 2.75) is 13.3 Å². The van der Waals surface area contributed by atoms with Crippen LogP contribution in [0.1, 0.15) is 13.3 Å². The maximum atomic E-state index is 3.89. The van der Waals surface area contributed by atoms with Crippen LogP contribution in [0.15, 0.2) is 0 Å². The summed E-state index contributed by atoms with van der Waals surface area (Å²) in [5.41, 5.74) is 0. The number of rotatable bonds is 3. The van der Waals surface area contributed by atoms with Crippen molar-refractivity contribution in [2.75, 3.05) is 39.3 Å². The van der Waals surface area contributed by atoms with Crippen molar-refractivity contribution < 1.29 is 0 Å². The van der Waals surface area contributed by atoms with E-state index in [0.29, 0.717) is 0 Å². The Balaban J connectivity index is 2.14. The molecule has 2 heteroatoms. The lowest BCUT2D eigenvalue weighted by Crippen LogP contribution is -2.46. The number of hydrogen-bond acceptors (Lipinski definition) is 2. The molecule has 1 aliphatic rings. The maximum absolute atomic E-state index is 3.89. The Kier molecular flexibility index (Phi) is 3.87. The zero-order valence-corrected chi connectivity index (χ0v) is 7.55. The first-order valence-electron chi connectivity index (χ1n) is 4.60. The van der Waals surface area contributed by atoms with Crippen LogP contribution in [0.4, 0.5) is 0 Å². The molecule has 0 aromatic heterocycles. The molecule has 2 nitrogen and oxygen atoms in total. The Morgan fingerprint density at radius 1 is 1.09 bits per heavy atom. The van der Waals surface area contributed by atoms with Crippen LogP contribution in [-0.4, -0.2) is 49.1 Å². The molecule has 1 aliphatic heterocycles. The minimum Gasteiger partial charge on any atom is -0.301 e. The third-order valence-corrected chi connectivity index (χ3v) is 2.32. The van der Waals surface area contributed by atoms with Gasteiger partial charge in [0.25, 0.3) is 0 Å². The molecular weight excluding hydrogens is 136 g/mol. The van der Waals surface area contributed by atoms with Gasteiger partial charge in [0.15, 0.2) is 0 Å². The van der Waals surface area contributed by atoms with Gasteiger partial charge in [-0.25, -0.2) is 0 Å². The van der Waals surface area contributed by atoms with Crippen LogP contribution in [0, 0.1) is 6.92 Å². The molecule has 11 heavy (non-hydrogen) atoms. The van der Waals surface area contributed by atoms with Gasteiger partial charge >= 0.3 is 0 Å². The van der Waals surface area contributed by atoms with Gasteiger partial charge in [-0.3, -0.25) is 0 Å². The van der Waals surface area contributed by atoms with Gasteiger partial charge in [0.1, 0.15) is 0 Å². The van der Waals surface area contributed by atoms with Gasteiger partial charge in [-0.15, -0.1) is 0 Å². The normalized spacial score (nSPS) is 22.4. The molecule has 0 aromatic carbocycles. The van der Waals surface area contributed by atoms with Crippen molar-refractivity contribution in [3.8, 4) is 0 Å². The highest BCUT2D eigenvalue weighted by atomic mass is 15.3. The van der Waals surface area contributed by atoms with Gasteiger partial charge in [-0.1, -0.05) is 6.92 Å². The Hall–Kier alpha value is -0.0800. The second kappa shape index (κ2) is 4.73. The van der Waals surface area contributed by atoms with Gasteiger partial charge in [0.2, 0.25) is 0 Å². The first-order chi connectivity index (χ1) is 5.36. The van der Waals surface area contributed by atoms with E-state index < -0.39 is 0 Å². The van der Waals surface area contributed by atoms with E-state index in [0.717, 1.165) is 6.54 Å². The summed E-state index contributed by atoms with van der Waals surface area (Å²) in [7, 11) is 0. The largest absolute Gasteiger partial charge is 0.301 e. The average molecular weight is 155 g/mol. The monoisotopic (exact) mass is 155 g/mol. The molecule has 1 rings (SSSR count). The Morgan fingerprint density at radius 3 is 2.09 bits per heavy atom. The minimum atomic E-state index is 0.972. The van der Waals surface area contributed by atoms with Crippen molar-refractivity contribution in [1.82, 2.24) is 9.80 Å². The molecule has 1 fully saturated rings. The molecule has 0 aliphatic carbocycles. The predicted octanol–water partition coefficient (Wildman–Crippen LogP) is 0.848. The fraction of sp³-hybridized carbons (Fsp3) is 0.889. The molecule has 0 bridgehead atoms. The zero-order chi connectivity index (χ0) is 8.10. The van der Waals surface area contributed by atoms with E-state index in [4.69, 9.17) is 0 Å². The highest BCUT2D eigenvalue weighted by Crippen LogP contribution is 2.00. The first kappa shape index (κ1) is 9.01. The van der Waals surface area contributed by atoms with E-state index in [1.807, 2.05) is 0 Å². The van der Waals surface area contributed by atoms with E-state index in [2.05, 4.69) is 23.6 Å². The van der Waals surface area contributed by atoms with Gasteiger partial charge < -0.3 is 9.80 Å². The topological polar surface area (TPSA) is 6.48 Å². The van der Waals surface area contributed by atoms with Crippen LogP contribution in [0.3, 0.4) is 0 Å². The molecule has 0 saturated carbocycles. The van der Waals surface area contributed by atoms with Crippen LogP contribution >= 0.6 is 0 Å². The molecular formula is C9H19N2. The first-order valence-corrected chi connectivity index (χ1v) is 4.60. The predicted molar refractivity (Wildman–Crippen MR) is 48.5 cm³/mol. The molecule has 0 atom stereocenters. The summed E-state index contributed by atoms with van der Waals surface area (Å²) in [4.78, 5) is 4.94. The zero-order valence-electron chi connectivity index (χ0n) is 7.55. The molecule has 0 N–H and O–H groups in total. The van der Waals surface area contributed by atoms with Gasteiger partial charge in [0.05, 0.1) is 0 Å². The maximum Gasteiger partial charge on any atom is 0.0110 e. The quantitative estimate of drug-likeness (QED) is 0.596. The van der Waals surface area contributed by atoms with Gasteiger partial charge in [0, 0.05) is 26.2 Å². The SMILES string of the molecule is [CH2]CN1CCN(CCC)CC1. The van der Waals surface area contributed by atoms with E-state index in [1.54, 1.807) is 0 Å². The van der Waals surface area contributed by atoms with Crippen LogP contribution in [0.25, 0.3) is 0 Å². The molecule has 0 spiro atoms. The summed E-state index contributed by atoms with van der Waals surface area (Å²) < 4.78 is 0. The van der Waals surface area contributed by atoms with Crippen LogP contribution in [-0.2, 0) is 0 Å². The minimum absolute atomic E-state index is 0.972. The van der Waals surface area contributed by atoms with Crippen molar-refractivity contribution in [1.29, 1.82) is 0 Å². The Morgan fingerprint density at radius 2 is 1.64 bits per heavy atom. The lowest BCUT2D eigenvalue weighted by atomic mass is 10.3. The van der Waals surface area contributed by atoms with Gasteiger partial charge in [-0.05, 0) is 26.4 Å². The Labute approximate surface area is 70.2 Å². The van der Waals surface area contributed by atoms with E-state index in [9.17, 15) is 0 Å². The highest BCUT2D eigenvalue weighted by molar-refractivity contribution is 4.71. The number of nitrogens with zero attached hydrogens (tertiary/aromatic N) is 2. The van der Waals surface area contributed by atoms with Crippen LogP contribution in [0.5, 0.6) is 0 Å². The lowest BCUT2D eigenvalue weighted by molar-refractivity contribution is 0.142.